The zero-order chi connectivity index (χ0) is 41.4. The zero-order valence-electron chi connectivity index (χ0n) is 33.8. The second-order valence-corrected chi connectivity index (χ2v) is 16.0. The first kappa shape index (κ1) is 35.1. The van der Waals surface area contributed by atoms with Crippen LogP contribution in [0.1, 0.15) is 0 Å². The van der Waals surface area contributed by atoms with E-state index in [0.29, 0.717) is 5.95 Å². The molecule has 0 fully saturated rings. The van der Waals surface area contributed by atoms with Crippen LogP contribution in [0.5, 0.6) is 0 Å². The zero-order valence-corrected chi connectivity index (χ0v) is 33.8. The van der Waals surface area contributed by atoms with Gasteiger partial charge in [0.25, 0.3) is 0 Å². The van der Waals surface area contributed by atoms with Crippen molar-refractivity contribution < 1.29 is 0 Å². The molecule has 63 heavy (non-hydrogen) atoms. The lowest BCUT2D eigenvalue weighted by molar-refractivity contribution is 0.967. The van der Waals surface area contributed by atoms with Crippen molar-refractivity contribution >= 4 is 65.5 Å². The highest BCUT2D eigenvalue weighted by Gasteiger charge is 2.19. The van der Waals surface area contributed by atoms with Gasteiger partial charge in [-0.3, -0.25) is 9.55 Å². The van der Waals surface area contributed by atoms with Gasteiger partial charge in [0.05, 0.1) is 73.8 Å². The average Bonchev–Trinajstić information content (AvgIpc) is 4.00. The third kappa shape index (κ3) is 5.53. The van der Waals surface area contributed by atoms with E-state index < -0.39 is 0 Å². The Balaban J connectivity index is 0.934. The second kappa shape index (κ2) is 13.9. The van der Waals surface area contributed by atoms with Crippen molar-refractivity contribution in [3.8, 4) is 51.0 Å². The number of pyridine rings is 2. The van der Waals surface area contributed by atoms with Gasteiger partial charge in [-0.15, -0.1) is 0 Å². The number of para-hydroxylation sites is 3. The molecule has 13 rings (SSSR count). The highest BCUT2D eigenvalue weighted by Crippen LogP contribution is 2.39. The number of fused-ring (bicyclic) bond motifs is 9. The van der Waals surface area contributed by atoms with Crippen molar-refractivity contribution in [2.24, 2.45) is 0 Å². The molecule has 0 saturated carbocycles. The Labute approximate surface area is 361 Å². The molecular formula is C56H35N7. The topological polar surface area (TPSA) is 66.3 Å². The Morgan fingerprint density at radius 1 is 0.302 bits per heavy atom. The number of hydrogen-bond acceptors (Lipinski definition) is 4. The smallest absolute Gasteiger partial charge is 0.234 e. The van der Waals surface area contributed by atoms with Crippen molar-refractivity contribution in [2.75, 3.05) is 0 Å². The van der Waals surface area contributed by atoms with Gasteiger partial charge in [-0.2, -0.15) is 0 Å². The molecule has 0 radical (unpaired) electrons. The molecule has 0 atom stereocenters. The minimum atomic E-state index is 0.618. The van der Waals surface area contributed by atoms with E-state index in [1.807, 2.05) is 36.8 Å². The fourth-order valence-corrected chi connectivity index (χ4v) is 9.56. The van der Waals surface area contributed by atoms with Crippen LogP contribution in [0.25, 0.3) is 117 Å². The molecule has 0 N–H and O–H groups in total. The van der Waals surface area contributed by atoms with E-state index >= 15 is 0 Å². The van der Waals surface area contributed by atoms with E-state index in [1.165, 1.54) is 10.8 Å². The van der Waals surface area contributed by atoms with Crippen molar-refractivity contribution in [3.05, 3.63) is 213 Å². The maximum absolute atomic E-state index is 5.17. The molecule has 0 unspecified atom stereocenters. The molecule has 0 amide bonds. The summed E-state index contributed by atoms with van der Waals surface area (Å²) in [5.74, 6) is 0.618. The summed E-state index contributed by atoms with van der Waals surface area (Å²) in [6.07, 6.45) is 5.67. The van der Waals surface area contributed by atoms with Gasteiger partial charge >= 0.3 is 0 Å². The van der Waals surface area contributed by atoms with Crippen LogP contribution < -0.4 is 0 Å². The molecule has 6 heterocycles. The number of aromatic nitrogens is 7. The van der Waals surface area contributed by atoms with E-state index in [0.717, 1.165) is 99.8 Å². The summed E-state index contributed by atoms with van der Waals surface area (Å²) in [5, 5.41) is 5.78. The fourth-order valence-electron chi connectivity index (χ4n) is 9.56. The van der Waals surface area contributed by atoms with E-state index in [1.54, 1.807) is 0 Å². The quantitative estimate of drug-likeness (QED) is 0.168. The van der Waals surface area contributed by atoms with Crippen molar-refractivity contribution in [3.63, 3.8) is 0 Å². The lowest BCUT2D eigenvalue weighted by atomic mass is 10.0. The summed E-state index contributed by atoms with van der Waals surface area (Å²) < 4.78 is 6.74. The number of nitrogens with zero attached hydrogens (tertiary/aromatic N) is 7. The molecule has 7 heteroatoms. The Kier molecular flexibility index (Phi) is 7.77. The van der Waals surface area contributed by atoms with Gasteiger partial charge in [-0.25, -0.2) is 15.0 Å². The minimum Gasteiger partial charge on any atom is -0.309 e. The Morgan fingerprint density at radius 3 is 1.37 bits per heavy atom. The summed E-state index contributed by atoms with van der Waals surface area (Å²) in [5.41, 5.74) is 15.7. The molecule has 0 aliphatic rings. The third-order valence-electron chi connectivity index (χ3n) is 12.4. The molecule has 13 aromatic rings. The molecule has 0 bridgehead atoms. The van der Waals surface area contributed by atoms with E-state index in [4.69, 9.17) is 19.9 Å². The maximum atomic E-state index is 5.17. The Hall–Kier alpha value is -8.68. The molecule has 0 saturated heterocycles. The normalized spacial score (nSPS) is 11.8. The largest absolute Gasteiger partial charge is 0.309 e. The number of hydrogen-bond donors (Lipinski definition) is 0. The number of benzene rings is 7. The average molecular weight is 806 g/mol. The lowest BCUT2D eigenvalue weighted by Crippen LogP contribution is -2.03. The first-order valence-electron chi connectivity index (χ1n) is 21.1. The monoisotopic (exact) mass is 805 g/mol. The fraction of sp³-hybridized carbons (Fsp3) is 0. The molecule has 0 spiro atoms. The van der Waals surface area contributed by atoms with E-state index in [-0.39, 0.29) is 0 Å². The molecule has 294 valence electrons. The summed E-state index contributed by atoms with van der Waals surface area (Å²) in [4.78, 5) is 19.9. The van der Waals surface area contributed by atoms with Gasteiger partial charge in [0, 0.05) is 44.3 Å². The van der Waals surface area contributed by atoms with Crippen LogP contribution in [0.15, 0.2) is 213 Å². The summed E-state index contributed by atoms with van der Waals surface area (Å²) >= 11 is 0. The highest BCUT2D eigenvalue weighted by molar-refractivity contribution is 6.13. The molecular weight excluding hydrogens is 771 g/mol. The van der Waals surface area contributed by atoms with Crippen LogP contribution in [0, 0.1) is 0 Å². The molecule has 7 aromatic carbocycles. The van der Waals surface area contributed by atoms with Crippen molar-refractivity contribution in [1.29, 1.82) is 0 Å². The van der Waals surface area contributed by atoms with Crippen molar-refractivity contribution in [1.82, 2.24) is 33.6 Å². The first-order chi connectivity index (χ1) is 31.2. The van der Waals surface area contributed by atoms with Gasteiger partial charge in [-0.1, -0.05) is 127 Å². The van der Waals surface area contributed by atoms with E-state index in [9.17, 15) is 0 Å². The van der Waals surface area contributed by atoms with Crippen LogP contribution >= 0.6 is 0 Å². The Bertz CT molecular complexity index is 3790. The first-order valence-corrected chi connectivity index (χ1v) is 21.1. The van der Waals surface area contributed by atoms with Crippen LogP contribution in [-0.4, -0.2) is 33.6 Å². The lowest BCUT2D eigenvalue weighted by Gasteiger charge is -2.13. The molecule has 0 aliphatic heterocycles. The van der Waals surface area contributed by atoms with Gasteiger partial charge in [0.15, 0.2) is 0 Å². The predicted molar refractivity (Wildman–Crippen MR) is 257 cm³/mol. The predicted octanol–water partition coefficient (Wildman–Crippen LogP) is 13.6. The second-order valence-electron chi connectivity index (χ2n) is 16.0. The highest BCUT2D eigenvalue weighted by atomic mass is 15.2. The summed E-state index contributed by atoms with van der Waals surface area (Å²) in [6, 6.07) is 68.6. The van der Waals surface area contributed by atoms with Gasteiger partial charge in [0.2, 0.25) is 5.95 Å². The SMILES string of the molecule is c1ccc(-c2cc(-n3c4ccccc4c4cc(-c5ccc6c(c5)c5ccccc5n6-c5ncc(-n6c7ccccc7c7ncccc76)cn5)ccc43)cc(-c3ccccc3)n2)cc1. The van der Waals surface area contributed by atoms with Gasteiger partial charge in [0.1, 0.15) is 0 Å². The molecule has 6 aromatic heterocycles. The maximum Gasteiger partial charge on any atom is 0.234 e. The summed E-state index contributed by atoms with van der Waals surface area (Å²) in [7, 11) is 0. The van der Waals surface area contributed by atoms with Crippen LogP contribution in [-0.2, 0) is 0 Å². The van der Waals surface area contributed by atoms with E-state index in [2.05, 4.69) is 190 Å². The number of rotatable bonds is 6. The van der Waals surface area contributed by atoms with Gasteiger partial charge < -0.3 is 9.13 Å². The van der Waals surface area contributed by atoms with Gasteiger partial charge in [-0.05, 0) is 77.9 Å². The van der Waals surface area contributed by atoms with Crippen LogP contribution in [0.2, 0.25) is 0 Å². The molecule has 0 aliphatic carbocycles. The van der Waals surface area contributed by atoms with Crippen LogP contribution in [0.4, 0.5) is 0 Å². The Morgan fingerprint density at radius 2 is 0.762 bits per heavy atom. The van der Waals surface area contributed by atoms with Crippen molar-refractivity contribution in [2.45, 2.75) is 0 Å². The van der Waals surface area contributed by atoms with Crippen LogP contribution in [0.3, 0.4) is 0 Å². The standard InChI is InChI=1S/C56H35N7/c1-3-14-36(15-4-1)47-32-40(33-48(60-47)37-16-5-2-6-17-37)61-49-21-10-7-18-42(49)45-30-38(25-27-52(45)61)39-26-28-53-46(31-39)43-19-8-11-22-50(43)63(53)56-58-34-41(35-59-56)62-51-23-12-9-20-44(51)55-54(62)24-13-29-57-55/h1-35H. The molecule has 7 nitrogen and oxygen atoms in total. The third-order valence-corrected chi connectivity index (χ3v) is 12.4. The summed E-state index contributed by atoms with van der Waals surface area (Å²) in [6.45, 7) is 0. The minimum absolute atomic E-state index is 0.618.